The lowest BCUT2D eigenvalue weighted by atomic mass is 9.98. The summed E-state index contributed by atoms with van der Waals surface area (Å²) in [5, 5.41) is 0. The van der Waals surface area contributed by atoms with Crippen LogP contribution < -0.4 is 6.15 Å². The van der Waals surface area contributed by atoms with Crippen molar-refractivity contribution in [1.29, 1.82) is 0 Å². The van der Waals surface area contributed by atoms with E-state index >= 15 is 0 Å². The fourth-order valence-corrected chi connectivity index (χ4v) is 5.44. The summed E-state index contributed by atoms with van der Waals surface area (Å²) in [5.74, 6) is -0.269. The van der Waals surface area contributed by atoms with Crippen LogP contribution in [0.25, 0.3) is 0 Å². The van der Waals surface area contributed by atoms with Crippen LogP contribution >= 0.6 is 0 Å². The number of unbranched alkanes of at least 4 members (excludes halogenated alkanes) is 13. The minimum absolute atomic E-state index is 0. The summed E-state index contributed by atoms with van der Waals surface area (Å²) in [7, 11) is 0.336. The van der Waals surface area contributed by atoms with E-state index < -0.39 is 10.1 Å². The number of hydrogen-bond acceptors (Lipinski definition) is 4. The molecule has 0 saturated heterocycles. The van der Waals surface area contributed by atoms with Crippen LogP contribution in [0.3, 0.4) is 0 Å². The van der Waals surface area contributed by atoms with Crippen molar-refractivity contribution < 1.29 is 17.5 Å². The highest BCUT2D eigenvalue weighted by atomic mass is 32.2. The zero-order valence-electron chi connectivity index (χ0n) is 22.5. The van der Waals surface area contributed by atoms with E-state index in [1.807, 2.05) is 18.2 Å². The van der Waals surface area contributed by atoms with Crippen molar-refractivity contribution in [2.75, 3.05) is 26.4 Å². The Morgan fingerprint density at radius 3 is 1.62 bits per heavy atom. The van der Waals surface area contributed by atoms with Crippen molar-refractivity contribution >= 4 is 10.1 Å². The van der Waals surface area contributed by atoms with Crippen LogP contribution in [0.5, 0.6) is 0 Å². The summed E-state index contributed by atoms with van der Waals surface area (Å²) in [6, 6.07) is 10.6. The Balaban J connectivity index is 0.0000109. The molecule has 0 aliphatic heterocycles. The largest absolute Gasteiger partial charge is 0.748 e. The monoisotopic (exact) mass is 498 g/mol. The summed E-state index contributed by atoms with van der Waals surface area (Å²) in [4.78, 5) is 0. The molecule has 0 aliphatic rings. The molecule has 0 saturated carbocycles. The maximum absolute atomic E-state index is 11.1. The second-order valence-corrected chi connectivity index (χ2v) is 12.0. The van der Waals surface area contributed by atoms with Crippen molar-refractivity contribution in [1.82, 2.24) is 6.15 Å². The van der Waals surface area contributed by atoms with Crippen molar-refractivity contribution in [2.45, 2.75) is 116 Å². The van der Waals surface area contributed by atoms with Gasteiger partial charge in [0.2, 0.25) is 0 Å². The van der Waals surface area contributed by atoms with Gasteiger partial charge in [-0.3, -0.25) is 0 Å². The van der Waals surface area contributed by atoms with Gasteiger partial charge in [0.15, 0.2) is 0 Å². The molecule has 0 bridgehead atoms. The molecule has 0 aliphatic carbocycles. The Labute approximate surface area is 211 Å². The molecule has 1 aromatic rings. The third kappa shape index (κ3) is 16.6. The van der Waals surface area contributed by atoms with E-state index in [0.29, 0.717) is 6.42 Å². The number of quaternary nitrogens is 1. The van der Waals surface area contributed by atoms with Crippen LogP contribution in [0.1, 0.15) is 121 Å². The first-order chi connectivity index (χ1) is 15.8. The Morgan fingerprint density at radius 2 is 1.18 bits per heavy atom. The molecule has 1 unspecified atom stereocenters. The van der Waals surface area contributed by atoms with E-state index in [-0.39, 0.29) is 17.9 Å². The Morgan fingerprint density at radius 1 is 0.735 bits per heavy atom. The summed E-state index contributed by atoms with van der Waals surface area (Å²) in [6.45, 7) is 3.35. The summed E-state index contributed by atoms with van der Waals surface area (Å²) < 4.78 is 34.0. The average molecular weight is 499 g/mol. The van der Waals surface area contributed by atoms with Crippen LogP contribution in [0.2, 0.25) is 0 Å². The first kappa shape index (κ1) is 33.0. The molecular weight excluding hydrogens is 444 g/mol. The maximum Gasteiger partial charge on any atom is 0.114 e. The minimum atomic E-state index is -4.15. The predicted molar refractivity (Wildman–Crippen MR) is 145 cm³/mol. The zero-order chi connectivity index (χ0) is 24.4. The van der Waals surface area contributed by atoms with Crippen molar-refractivity contribution in [3.05, 3.63) is 35.9 Å². The number of hydrogen-bond donors (Lipinski definition) is 1. The van der Waals surface area contributed by atoms with E-state index in [1.165, 1.54) is 95.5 Å². The fraction of sp³-hybridized carbons (Fsp3) is 0.786. The zero-order valence-corrected chi connectivity index (χ0v) is 23.3. The van der Waals surface area contributed by atoms with Crippen LogP contribution in [-0.2, 0) is 10.1 Å². The van der Waals surface area contributed by atoms with Gasteiger partial charge in [-0.1, -0.05) is 114 Å². The van der Waals surface area contributed by atoms with E-state index in [9.17, 15) is 13.0 Å². The van der Waals surface area contributed by atoms with Crippen LogP contribution in [0.15, 0.2) is 30.3 Å². The topological polar surface area (TPSA) is 92.2 Å². The van der Waals surface area contributed by atoms with Crippen molar-refractivity contribution in [3.8, 4) is 0 Å². The summed E-state index contributed by atoms with van der Waals surface area (Å²) in [5.41, 5.74) is 1.23. The first-order valence-electron chi connectivity index (χ1n) is 13.6. The van der Waals surface area contributed by atoms with Gasteiger partial charge in [0.05, 0.1) is 30.8 Å². The lowest BCUT2D eigenvalue weighted by molar-refractivity contribution is -0.921. The molecule has 0 spiro atoms. The molecule has 0 radical (unpaired) electrons. The summed E-state index contributed by atoms with van der Waals surface area (Å²) >= 11 is 0. The molecule has 0 aromatic heterocycles. The highest BCUT2D eigenvalue weighted by Crippen LogP contribution is 2.30. The second-order valence-electron chi connectivity index (χ2n) is 10.4. The van der Waals surface area contributed by atoms with Gasteiger partial charge >= 0.3 is 0 Å². The van der Waals surface area contributed by atoms with Gasteiger partial charge in [-0.15, -0.1) is 0 Å². The lowest BCUT2D eigenvalue weighted by Gasteiger charge is -2.39. The van der Waals surface area contributed by atoms with E-state index in [0.717, 1.165) is 17.4 Å². The molecule has 0 heterocycles. The summed E-state index contributed by atoms with van der Waals surface area (Å²) in [6.07, 6.45) is 20.2. The quantitative estimate of drug-likeness (QED) is 0.106. The standard InChI is InChI=1S/C28H51NO3S.H3N/c1-4-5-6-7-8-9-10-11-12-13-14-15-16-20-25-29(2,3)28(24-21-26-33(30,31)32)27-22-18-17-19-23-27;/h17-19,22-23,28H,4-16,20-21,24-26H2,1-3H3;1H3. The molecule has 1 aromatic carbocycles. The third-order valence-electron chi connectivity index (χ3n) is 6.99. The minimum Gasteiger partial charge on any atom is -0.748 e. The van der Waals surface area contributed by atoms with Gasteiger partial charge in [0.1, 0.15) is 6.04 Å². The highest BCUT2D eigenvalue weighted by Gasteiger charge is 2.29. The number of benzene rings is 1. The molecule has 3 N–H and O–H groups in total. The van der Waals surface area contributed by atoms with Crippen molar-refractivity contribution in [3.63, 3.8) is 0 Å². The molecule has 1 rings (SSSR count). The van der Waals surface area contributed by atoms with E-state index in [2.05, 4.69) is 33.2 Å². The lowest BCUT2D eigenvalue weighted by Crippen LogP contribution is -2.44. The van der Waals surface area contributed by atoms with E-state index in [1.54, 1.807) is 0 Å². The number of nitrogens with zero attached hydrogens (tertiary/aromatic N) is 1. The Bertz CT molecular complexity index is 693. The fourth-order valence-electron chi connectivity index (χ4n) is 4.92. The van der Waals surface area contributed by atoms with Gasteiger partial charge in [-0.25, -0.2) is 8.42 Å². The molecule has 200 valence electrons. The molecule has 1 atom stereocenters. The first-order valence-corrected chi connectivity index (χ1v) is 15.1. The van der Waals surface area contributed by atoms with Crippen molar-refractivity contribution in [2.24, 2.45) is 0 Å². The van der Waals surface area contributed by atoms with Crippen LogP contribution in [-0.4, -0.2) is 43.8 Å². The van der Waals surface area contributed by atoms with Crippen LogP contribution in [0.4, 0.5) is 0 Å². The third-order valence-corrected chi connectivity index (χ3v) is 7.78. The SMILES string of the molecule is CCCCCCCCCCCCCCCC[N+](C)(C)C(CCCS(=O)(=O)[O-])c1ccccc1.N. The van der Waals surface area contributed by atoms with Gasteiger partial charge in [0, 0.05) is 17.7 Å². The van der Waals surface area contributed by atoms with Gasteiger partial charge < -0.3 is 15.2 Å². The van der Waals surface area contributed by atoms with Crippen LogP contribution in [0, 0.1) is 0 Å². The highest BCUT2D eigenvalue weighted by molar-refractivity contribution is 7.85. The number of rotatable bonds is 21. The molecule has 34 heavy (non-hydrogen) atoms. The smallest absolute Gasteiger partial charge is 0.114 e. The predicted octanol–water partition coefficient (Wildman–Crippen LogP) is 7.77. The van der Waals surface area contributed by atoms with Gasteiger partial charge in [-0.2, -0.15) is 0 Å². The van der Waals surface area contributed by atoms with E-state index in [4.69, 9.17) is 0 Å². The van der Waals surface area contributed by atoms with Gasteiger partial charge in [0.25, 0.3) is 0 Å². The average Bonchev–Trinajstić information content (AvgIpc) is 2.76. The maximum atomic E-state index is 11.1. The second kappa shape index (κ2) is 19.3. The molecule has 0 fully saturated rings. The molecule has 5 nitrogen and oxygen atoms in total. The molecular formula is C28H54N2O3S. The molecule has 0 amide bonds. The Hall–Kier alpha value is -0.950. The Kier molecular flexibility index (Phi) is 18.7. The van der Waals surface area contributed by atoms with Gasteiger partial charge in [-0.05, 0) is 19.3 Å². The molecule has 6 heteroatoms. The normalized spacial score (nSPS) is 12.9.